The molecule has 43 heavy (non-hydrogen) atoms. The number of phenolic OH excluding ortho intramolecular Hbond substituents is 1. The molecule has 3 aromatic carbocycles. The number of rotatable bonds is 10. The van der Waals surface area contributed by atoms with Crippen molar-refractivity contribution in [3.63, 3.8) is 0 Å². The molecule has 1 unspecified atom stereocenters. The van der Waals surface area contributed by atoms with Crippen LogP contribution in [0.3, 0.4) is 0 Å². The molecule has 0 radical (unpaired) electrons. The number of nitrogens with zero attached hydrogens (tertiary/aromatic N) is 3. The molecule has 4 aromatic rings. The van der Waals surface area contributed by atoms with E-state index >= 15 is 0 Å². The summed E-state index contributed by atoms with van der Waals surface area (Å²) in [6.07, 6.45) is -2.75. The van der Waals surface area contributed by atoms with Gasteiger partial charge >= 0.3 is 12.1 Å². The zero-order chi connectivity index (χ0) is 31.7. The standard InChI is InChI=1S/C34H38F3N3O3/c1-8-9-15-29(43-31(42)21(2)3)33(6,7)24-18-25(32(4,5)22-13-11-10-12-14-22)30(41)28(20-24)40-38-26-17-16-23(34(35,36)37)19-27(26)39-40/h10-14,16-20,29,41H,2,8-9,15H2,1,3-7H3. The molecule has 0 saturated heterocycles. The van der Waals surface area contributed by atoms with Gasteiger partial charge in [0.1, 0.15) is 28.6 Å². The van der Waals surface area contributed by atoms with Gasteiger partial charge in [-0.3, -0.25) is 0 Å². The van der Waals surface area contributed by atoms with Gasteiger partial charge in [0, 0.05) is 22.0 Å². The van der Waals surface area contributed by atoms with Crippen molar-refractivity contribution in [2.45, 2.75) is 83.9 Å². The first kappa shape index (κ1) is 31.8. The summed E-state index contributed by atoms with van der Waals surface area (Å²) < 4.78 is 46.2. The van der Waals surface area contributed by atoms with Crippen LogP contribution in [0.2, 0.25) is 0 Å². The third-order valence-electron chi connectivity index (χ3n) is 8.15. The summed E-state index contributed by atoms with van der Waals surface area (Å²) in [5, 5.41) is 20.5. The van der Waals surface area contributed by atoms with Gasteiger partial charge in [-0.15, -0.1) is 15.0 Å². The zero-order valence-electron chi connectivity index (χ0n) is 25.4. The van der Waals surface area contributed by atoms with Crippen LogP contribution < -0.4 is 0 Å². The molecule has 1 atom stereocenters. The lowest BCUT2D eigenvalue weighted by atomic mass is 9.72. The Morgan fingerprint density at radius 3 is 2.21 bits per heavy atom. The first-order valence-electron chi connectivity index (χ1n) is 14.3. The minimum absolute atomic E-state index is 0.0407. The molecule has 228 valence electrons. The van der Waals surface area contributed by atoms with E-state index in [4.69, 9.17) is 4.74 Å². The number of ether oxygens (including phenoxy) is 1. The quantitative estimate of drug-likeness (QED) is 0.148. The number of phenols is 1. The SMILES string of the molecule is C=C(C)C(=O)OC(CCCC)C(C)(C)c1cc(-n2nc3ccc(C(F)(F)F)cc3n2)c(O)c(C(C)(C)c2ccccc2)c1. The first-order valence-corrected chi connectivity index (χ1v) is 14.3. The fourth-order valence-electron chi connectivity index (χ4n) is 5.20. The van der Waals surface area contributed by atoms with Gasteiger partial charge in [0.2, 0.25) is 0 Å². The van der Waals surface area contributed by atoms with E-state index in [2.05, 4.69) is 23.7 Å². The van der Waals surface area contributed by atoms with Crippen molar-refractivity contribution in [3.05, 3.63) is 95.1 Å². The Morgan fingerprint density at radius 2 is 1.60 bits per heavy atom. The predicted molar refractivity (Wildman–Crippen MR) is 161 cm³/mol. The summed E-state index contributed by atoms with van der Waals surface area (Å²) in [4.78, 5) is 13.9. The lowest BCUT2D eigenvalue weighted by molar-refractivity contribution is -0.148. The molecule has 0 amide bonds. The van der Waals surface area contributed by atoms with Crippen molar-refractivity contribution in [2.24, 2.45) is 0 Å². The van der Waals surface area contributed by atoms with Crippen LogP contribution in [0, 0.1) is 0 Å². The van der Waals surface area contributed by atoms with E-state index in [0.717, 1.165) is 36.1 Å². The molecule has 6 nitrogen and oxygen atoms in total. The maximum atomic E-state index is 13.4. The van der Waals surface area contributed by atoms with Crippen molar-refractivity contribution in [1.82, 2.24) is 15.0 Å². The molecule has 4 rings (SSSR count). The number of hydrogen-bond acceptors (Lipinski definition) is 5. The number of aromatic nitrogens is 3. The molecule has 1 heterocycles. The highest BCUT2D eigenvalue weighted by Gasteiger charge is 2.38. The maximum Gasteiger partial charge on any atom is 0.416 e. The Labute approximate surface area is 250 Å². The molecular weight excluding hydrogens is 555 g/mol. The van der Waals surface area contributed by atoms with E-state index in [1.54, 1.807) is 13.0 Å². The van der Waals surface area contributed by atoms with Gasteiger partial charge in [-0.05, 0) is 48.7 Å². The number of esters is 1. The Bertz CT molecular complexity index is 1640. The van der Waals surface area contributed by atoms with Crippen molar-refractivity contribution in [3.8, 4) is 11.4 Å². The Morgan fingerprint density at radius 1 is 0.953 bits per heavy atom. The molecule has 0 aliphatic heterocycles. The van der Waals surface area contributed by atoms with Crippen LogP contribution in [-0.4, -0.2) is 32.2 Å². The van der Waals surface area contributed by atoms with Gasteiger partial charge in [0.25, 0.3) is 0 Å². The molecule has 0 aliphatic rings. The number of aromatic hydroxyl groups is 1. The number of hydrogen-bond donors (Lipinski definition) is 1. The molecule has 0 bridgehead atoms. The van der Waals surface area contributed by atoms with E-state index in [9.17, 15) is 23.1 Å². The van der Waals surface area contributed by atoms with E-state index in [-0.39, 0.29) is 22.5 Å². The molecule has 1 N–H and O–H groups in total. The van der Waals surface area contributed by atoms with Crippen molar-refractivity contribution < 1.29 is 27.8 Å². The van der Waals surface area contributed by atoms with Gasteiger partial charge in [-0.25, -0.2) is 4.79 Å². The fraction of sp³-hybridized carbons (Fsp3) is 0.382. The number of fused-ring (bicyclic) bond motifs is 1. The molecule has 0 spiro atoms. The van der Waals surface area contributed by atoms with Crippen LogP contribution in [0.25, 0.3) is 16.7 Å². The molecule has 0 fully saturated rings. The Kier molecular flexibility index (Phi) is 8.77. The maximum absolute atomic E-state index is 13.4. The number of alkyl halides is 3. The summed E-state index contributed by atoms with van der Waals surface area (Å²) in [7, 11) is 0. The third-order valence-corrected chi connectivity index (χ3v) is 8.15. The topological polar surface area (TPSA) is 77.2 Å². The second-order valence-electron chi connectivity index (χ2n) is 12.1. The van der Waals surface area contributed by atoms with Crippen LogP contribution in [0.4, 0.5) is 13.2 Å². The number of carbonyl (C=O) groups is 1. The van der Waals surface area contributed by atoms with E-state index < -0.39 is 34.6 Å². The zero-order valence-corrected chi connectivity index (χ0v) is 25.4. The molecule has 9 heteroatoms. The van der Waals surface area contributed by atoms with Crippen molar-refractivity contribution >= 4 is 17.0 Å². The number of halogens is 3. The number of carbonyl (C=O) groups excluding carboxylic acids is 1. The van der Waals surface area contributed by atoms with Crippen LogP contribution in [0.5, 0.6) is 5.75 Å². The van der Waals surface area contributed by atoms with Gasteiger partial charge in [0.05, 0.1) is 5.56 Å². The highest BCUT2D eigenvalue weighted by Crippen LogP contribution is 2.44. The fourth-order valence-corrected chi connectivity index (χ4v) is 5.20. The monoisotopic (exact) mass is 593 g/mol. The molecule has 1 aromatic heterocycles. The lowest BCUT2D eigenvalue weighted by Crippen LogP contribution is -2.38. The second kappa shape index (κ2) is 11.9. The van der Waals surface area contributed by atoms with Crippen LogP contribution >= 0.6 is 0 Å². The van der Waals surface area contributed by atoms with Crippen molar-refractivity contribution in [2.75, 3.05) is 0 Å². The van der Waals surface area contributed by atoms with Crippen molar-refractivity contribution in [1.29, 1.82) is 0 Å². The average molecular weight is 594 g/mol. The van der Waals surface area contributed by atoms with Gasteiger partial charge in [-0.2, -0.15) is 13.2 Å². The van der Waals surface area contributed by atoms with Crippen LogP contribution in [-0.2, 0) is 26.5 Å². The normalized spacial score (nSPS) is 13.2. The van der Waals surface area contributed by atoms with Crippen LogP contribution in [0.1, 0.15) is 83.1 Å². The second-order valence-corrected chi connectivity index (χ2v) is 12.1. The summed E-state index contributed by atoms with van der Waals surface area (Å²) in [5.74, 6) is -0.590. The van der Waals surface area contributed by atoms with Gasteiger partial charge in [-0.1, -0.05) is 90.4 Å². The number of unbranched alkanes of at least 4 members (excludes halogenated alkanes) is 1. The lowest BCUT2D eigenvalue weighted by Gasteiger charge is -2.36. The predicted octanol–water partition coefficient (Wildman–Crippen LogP) is 8.43. The van der Waals surface area contributed by atoms with E-state index in [1.165, 1.54) is 10.9 Å². The van der Waals surface area contributed by atoms with E-state index in [0.29, 0.717) is 17.6 Å². The highest BCUT2D eigenvalue weighted by molar-refractivity contribution is 5.87. The third kappa shape index (κ3) is 6.45. The number of benzene rings is 3. The summed E-state index contributed by atoms with van der Waals surface area (Å²) in [6, 6.07) is 16.5. The minimum Gasteiger partial charge on any atom is -0.505 e. The highest BCUT2D eigenvalue weighted by atomic mass is 19.4. The smallest absolute Gasteiger partial charge is 0.416 e. The van der Waals surface area contributed by atoms with E-state index in [1.807, 2.05) is 64.1 Å². The average Bonchev–Trinajstić information content (AvgIpc) is 3.38. The van der Waals surface area contributed by atoms with Gasteiger partial charge in [0.15, 0.2) is 0 Å². The molecule has 0 saturated carbocycles. The molecular formula is C34H38F3N3O3. The Balaban J connectivity index is 1.96. The van der Waals surface area contributed by atoms with Gasteiger partial charge < -0.3 is 9.84 Å². The molecule has 0 aliphatic carbocycles. The summed E-state index contributed by atoms with van der Waals surface area (Å²) in [5.41, 5.74) is 0.747. The summed E-state index contributed by atoms with van der Waals surface area (Å²) >= 11 is 0. The largest absolute Gasteiger partial charge is 0.505 e. The Hall–Kier alpha value is -4.14. The first-order chi connectivity index (χ1) is 20.1. The van der Waals surface area contributed by atoms with Crippen LogP contribution in [0.15, 0.2) is 72.8 Å². The summed E-state index contributed by atoms with van der Waals surface area (Å²) in [6.45, 7) is 15.3. The minimum atomic E-state index is -4.54.